The molecule has 1 saturated carbocycles. The lowest BCUT2D eigenvalue weighted by Crippen LogP contribution is -2.44. The number of esters is 1. The molecule has 0 N–H and O–H groups in total. The first-order valence-electron chi connectivity index (χ1n) is 10.4. The van der Waals surface area contributed by atoms with Crippen molar-refractivity contribution in [3.05, 3.63) is 40.6 Å². The van der Waals surface area contributed by atoms with E-state index in [4.69, 9.17) is 19.2 Å². The number of aliphatic imine (C=N–C) groups is 1. The third-order valence-corrected chi connectivity index (χ3v) is 5.82. The fraction of sp³-hybridized carbons (Fsp3) is 0.542. The van der Waals surface area contributed by atoms with Gasteiger partial charge in [-0.25, -0.2) is 4.79 Å². The van der Waals surface area contributed by atoms with Gasteiger partial charge in [-0.3, -0.25) is 9.79 Å². The summed E-state index contributed by atoms with van der Waals surface area (Å²) >= 11 is 0. The molecule has 1 aromatic carbocycles. The van der Waals surface area contributed by atoms with E-state index in [9.17, 15) is 9.59 Å². The largest absolute Gasteiger partial charge is 0.496 e. The van der Waals surface area contributed by atoms with Crippen LogP contribution in [0.5, 0.6) is 5.75 Å². The van der Waals surface area contributed by atoms with E-state index in [1.807, 2.05) is 25.1 Å². The Balaban J connectivity index is 2.18. The number of carbonyl (C=O) groups excluding carboxylic acids is 2. The molecule has 0 bridgehead atoms. The normalized spacial score (nSPS) is 23.0. The van der Waals surface area contributed by atoms with Crippen molar-refractivity contribution in [3.63, 3.8) is 0 Å². The van der Waals surface area contributed by atoms with Crippen molar-refractivity contribution in [1.29, 1.82) is 0 Å². The van der Waals surface area contributed by atoms with E-state index in [1.54, 1.807) is 21.1 Å². The maximum absolute atomic E-state index is 13.3. The Morgan fingerprint density at radius 2 is 1.93 bits per heavy atom. The van der Waals surface area contributed by atoms with Gasteiger partial charge in [0.05, 0.1) is 31.8 Å². The van der Waals surface area contributed by atoms with E-state index in [2.05, 4.69) is 13.8 Å². The molecule has 30 heavy (non-hydrogen) atoms. The minimum atomic E-state index is -0.454. The van der Waals surface area contributed by atoms with Crippen LogP contribution >= 0.6 is 0 Å². The number of benzene rings is 1. The number of hydrogen-bond donors (Lipinski definition) is 0. The molecule has 1 aromatic rings. The first kappa shape index (κ1) is 22.2. The molecule has 3 rings (SSSR count). The van der Waals surface area contributed by atoms with Gasteiger partial charge in [-0.2, -0.15) is 0 Å². The second-order valence-corrected chi connectivity index (χ2v) is 8.77. The number of Topliss-reactive ketones (excluding diaryl/α,β-unsaturated/α-hetero) is 1. The fourth-order valence-electron chi connectivity index (χ4n) is 4.69. The van der Waals surface area contributed by atoms with Crippen molar-refractivity contribution < 1.29 is 23.8 Å². The standard InChI is InChI=1S/C24H31NO5/c1-7-30-23(27)20-14(2)25-17-11-24(3,4)12-18(26)22(17)21(20)15-8-9-19(29-6)16(10-15)13-28-5/h8-10,21-22H,7,11-13H2,1-6H3/t21-,22-/m1/s1. The summed E-state index contributed by atoms with van der Waals surface area (Å²) in [6.45, 7) is 8.41. The highest BCUT2D eigenvalue weighted by molar-refractivity contribution is 6.12. The highest BCUT2D eigenvalue weighted by Gasteiger charge is 2.47. The summed E-state index contributed by atoms with van der Waals surface area (Å²) in [6, 6.07) is 5.76. The lowest BCUT2D eigenvalue weighted by atomic mass is 9.63. The molecule has 162 valence electrons. The zero-order valence-electron chi connectivity index (χ0n) is 18.7. The van der Waals surface area contributed by atoms with E-state index in [0.717, 1.165) is 23.3 Å². The zero-order valence-corrected chi connectivity index (χ0v) is 18.7. The molecular weight excluding hydrogens is 382 g/mol. The zero-order chi connectivity index (χ0) is 22.1. The molecule has 2 aliphatic rings. The van der Waals surface area contributed by atoms with Crippen LogP contribution in [0.1, 0.15) is 57.6 Å². The average Bonchev–Trinajstić information content (AvgIpc) is 2.66. The lowest BCUT2D eigenvalue weighted by Gasteiger charge is -2.41. The Morgan fingerprint density at radius 3 is 2.57 bits per heavy atom. The number of allylic oxidation sites excluding steroid dienone is 1. The van der Waals surface area contributed by atoms with Crippen LogP contribution in [0.3, 0.4) is 0 Å². The molecule has 1 aliphatic carbocycles. The highest BCUT2D eigenvalue weighted by atomic mass is 16.5. The summed E-state index contributed by atoms with van der Waals surface area (Å²) < 4.78 is 16.1. The van der Waals surface area contributed by atoms with Gasteiger partial charge in [0.25, 0.3) is 0 Å². The van der Waals surface area contributed by atoms with Crippen molar-refractivity contribution in [2.45, 2.75) is 53.1 Å². The Hall–Kier alpha value is -2.47. The van der Waals surface area contributed by atoms with Crippen molar-refractivity contribution in [1.82, 2.24) is 0 Å². The first-order chi connectivity index (χ1) is 14.2. The van der Waals surface area contributed by atoms with Crippen LogP contribution in [0.4, 0.5) is 0 Å². The molecule has 6 nitrogen and oxygen atoms in total. The summed E-state index contributed by atoms with van der Waals surface area (Å²) in [5.41, 5.74) is 3.55. The van der Waals surface area contributed by atoms with Crippen LogP contribution in [-0.4, -0.2) is 38.3 Å². The molecule has 1 fully saturated rings. The maximum Gasteiger partial charge on any atom is 0.336 e. The number of ether oxygens (including phenoxy) is 3. The summed E-state index contributed by atoms with van der Waals surface area (Å²) in [7, 11) is 3.23. The van der Waals surface area contributed by atoms with Gasteiger partial charge in [0, 0.05) is 36.4 Å². The number of methoxy groups -OCH3 is 2. The number of ketones is 1. The van der Waals surface area contributed by atoms with E-state index < -0.39 is 17.8 Å². The third kappa shape index (κ3) is 4.19. The van der Waals surface area contributed by atoms with Crippen LogP contribution in [0.25, 0.3) is 0 Å². The van der Waals surface area contributed by atoms with Gasteiger partial charge in [0.1, 0.15) is 11.5 Å². The van der Waals surface area contributed by atoms with Gasteiger partial charge >= 0.3 is 5.97 Å². The highest BCUT2D eigenvalue weighted by Crippen LogP contribution is 2.47. The van der Waals surface area contributed by atoms with Gasteiger partial charge in [-0.1, -0.05) is 19.9 Å². The second-order valence-electron chi connectivity index (χ2n) is 8.77. The van der Waals surface area contributed by atoms with Crippen molar-refractivity contribution in [3.8, 4) is 5.75 Å². The van der Waals surface area contributed by atoms with Crippen LogP contribution in [0.15, 0.2) is 34.5 Å². The van der Waals surface area contributed by atoms with E-state index >= 15 is 0 Å². The predicted octanol–water partition coefficient (Wildman–Crippen LogP) is 4.22. The average molecular weight is 414 g/mol. The topological polar surface area (TPSA) is 74.2 Å². The number of hydrogen-bond acceptors (Lipinski definition) is 6. The SMILES string of the molecule is CCOC(=O)C1=C(C)N=C2CC(C)(C)CC(=O)[C@@H]2[C@@H]1c1ccc(OC)c(COC)c1. The predicted molar refractivity (Wildman–Crippen MR) is 115 cm³/mol. The maximum atomic E-state index is 13.3. The summed E-state index contributed by atoms with van der Waals surface area (Å²) in [6.07, 6.45) is 1.19. The van der Waals surface area contributed by atoms with Crippen molar-refractivity contribution in [2.24, 2.45) is 16.3 Å². The molecule has 6 heteroatoms. The number of fused-ring (bicyclic) bond motifs is 1. The minimum Gasteiger partial charge on any atom is -0.496 e. The third-order valence-electron chi connectivity index (χ3n) is 5.82. The molecule has 0 aromatic heterocycles. The molecule has 0 unspecified atom stereocenters. The minimum absolute atomic E-state index is 0.119. The molecule has 1 aliphatic heterocycles. The molecule has 1 heterocycles. The van der Waals surface area contributed by atoms with Gasteiger partial charge in [-0.15, -0.1) is 0 Å². The Labute approximate surface area is 178 Å². The molecule has 0 spiro atoms. The second kappa shape index (κ2) is 8.72. The first-order valence-corrected chi connectivity index (χ1v) is 10.4. The smallest absolute Gasteiger partial charge is 0.336 e. The van der Waals surface area contributed by atoms with Crippen LogP contribution in [0.2, 0.25) is 0 Å². The lowest BCUT2D eigenvalue weighted by molar-refractivity contribution is -0.139. The van der Waals surface area contributed by atoms with Crippen LogP contribution in [-0.2, 0) is 25.7 Å². The summed E-state index contributed by atoms with van der Waals surface area (Å²) in [5.74, 6) is -0.468. The van der Waals surface area contributed by atoms with Crippen molar-refractivity contribution >= 4 is 17.5 Å². The number of nitrogens with zero attached hydrogens (tertiary/aromatic N) is 1. The van der Waals surface area contributed by atoms with Crippen molar-refractivity contribution in [2.75, 3.05) is 20.8 Å². The quantitative estimate of drug-likeness (QED) is 0.653. The van der Waals surface area contributed by atoms with E-state index in [-0.39, 0.29) is 17.8 Å². The van der Waals surface area contributed by atoms with Gasteiger partial charge in [0.15, 0.2) is 0 Å². The number of carbonyl (C=O) groups is 2. The molecule has 0 saturated heterocycles. The molecule has 0 radical (unpaired) electrons. The Kier molecular flexibility index (Phi) is 6.46. The molecule has 2 atom stereocenters. The van der Waals surface area contributed by atoms with E-state index in [0.29, 0.717) is 30.0 Å². The number of rotatable bonds is 6. The summed E-state index contributed by atoms with van der Waals surface area (Å²) in [4.78, 5) is 30.9. The fourth-order valence-corrected chi connectivity index (χ4v) is 4.69. The monoisotopic (exact) mass is 413 g/mol. The van der Waals surface area contributed by atoms with Gasteiger partial charge in [0.2, 0.25) is 0 Å². The Bertz CT molecular complexity index is 912. The summed E-state index contributed by atoms with van der Waals surface area (Å²) in [5, 5.41) is 0. The molecular formula is C24H31NO5. The van der Waals surface area contributed by atoms with Crippen LogP contribution in [0, 0.1) is 11.3 Å². The molecule has 0 amide bonds. The van der Waals surface area contributed by atoms with Crippen LogP contribution < -0.4 is 4.74 Å². The van der Waals surface area contributed by atoms with Gasteiger partial charge < -0.3 is 14.2 Å². The Morgan fingerprint density at radius 1 is 1.20 bits per heavy atom. The van der Waals surface area contributed by atoms with E-state index in [1.165, 1.54) is 0 Å². The van der Waals surface area contributed by atoms with Gasteiger partial charge in [-0.05, 0) is 43.4 Å².